The van der Waals surface area contributed by atoms with Gasteiger partial charge in [0.2, 0.25) is 5.82 Å². The molecule has 1 fully saturated rings. The van der Waals surface area contributed by atoms with E-state index in [0.717, 1.165) is 5.56 Å². The predicted molar refractivity (Wildman–Crippen MR) is 76.4 cm³/mol. The van der Waals surface area contributed by atoms with Crippen LogP contribution in [0.5, 0.6) is 0 Å². The van der Waals surface area contributed by atoms with Crippen LogP contribution in [0.2, 0.25) is 0 Å². The Hall–Kier alpha value is -1.88. The smallest absolute Gasteiger partial charge is 0.324 e. The summed E-state index contributed by atoms with van der Waals surface area (Å²) < 4.78 is 5.34. The Bertz CT molecular complexity index is 589. The second-order valence-electron chi connectivity index (χ2n) is 6.28. The summed E-state index contributed by atoms with van der Waals surface area (Å²) in [5.41, 5.74) is -0.0596. The number of aromatic nitrogens is 2. The Labute approximate surface area is 118 Å². The second-order valence-corrected chi connectivity index (χ2v) is 6.28. The van der Waals surface area contributed by atoms with Gasteiger partial charge in [0.05, 0.1) is 12.1 Å². The molecule has 0 radical (unpaired) electrons. The van der Waals surface area contributed by atoms with Crippen molar-refractivity contribution in [1.29, 1.82) is 0 Å². The zero-order valence-corrected chi connectivity index (χ0v) is 12.0. The van der Waals surface area contributed by atoms with Crippen LogP contribution in [0.1, 0.15) is 20.8 Å². The summed E-state index contributed by atoms with van der Waals surface area (Å²) in [7, 11) is 0. The maximum atomic E-state index is 10.4. The van der Waals surface area contributed by atoms with Crippen molar-refractivity contribution in [2.24, 2.45) is 5.41 Å². The van der Waals surface area contributed by atoms with E-state index in [4.69, 9.17) is 4.52 Å². The van der Waals surface area contributed by atoms with Crippen molar-refractivity contribution >= 4 is 6.01 Å². The maximum absolute atomic E-state index is 10.4. The Morgan fingerprint density at radius 2 is 1.85 bits per heavy atom. The highest BCUT2D eigenvalue weighted by Gasteiger charge is 2.49. The molecule has 0 amide bonds. The summed E-state index contributed by atoms with van der Waals surface area (Å²) in [6.45, 7) is 7.12. The number of benzene rings is 1. The van der Waals surface area contributed by atoms with Gasteiger partial charge < -0.3 is 14.5 Å². The van der Waals surface area contributed by atoms with Crippen LogP contribution in [0.4, 0.5) is 6.01 Å². The molecule has 0 aliphatic carbocycles. The van der Waals surface area contributed by atoms with Gasteiger partial charge in [0.1, 0.15) is 0 Å². The van der Waals surface area contributed by atoms with Gasteiger partial charge >= 0.3 is 6.01 Å². The Kier molecular flexibility index (Phi) is 2.83. The monoisotopic (exact) mass is 273 g/mol. The summed E-state index contributed by atoms with van der Waals surface area (Å²) in [5.74, 6) is 0.574. The maximum Gasteiger partial charge on any atom is 0.324 e. The molecule has 2 heterocycles. The van der Waals surface area contributed by atoms with E-state index < -0.39 is 5.60 Å². The number of aliphatic hydroxyl groups is 1. The molecule has 1 aromatic heterocycles. The zero-order valence-electron chi connectivity index (χ0n) is 12.0. The quantitative estimate of drug-likeness (QED) is 0.910. The van der Waals surface area contributed by atoms with Crippen molar-refractivity contribution in [3.63, 3.8) is 0 Å². The fraction of sp³-hybridized carbons (Fsp3) is 0.467. The first-order valence-electron chi connectivity index (χ1n) is 6.75. The van der Waals surface area contributed by atoms with Crippen molar-refractivity contribution in [2.75, 3.05) is 18.0 Å². The normalized spacial score (nSPS) is 25.1. The Balaban J connectivity index is 1.86. The highest BCUT2D eigenvalue weighted by atomic mass is 16.5. The summed E-state index contributed by atoms with van der Waals surface area (Å²) in [5, 5.41) is 14.5. The summed E-state index contributed by atoms with van der Waals surface area (Å²) in [4.78, 5) is 6.37. The van der Waals surface area contributed by atoms with E-state index in [1.54, 1.807) is 0 Å². The fourth-order valence-corrected chi connectivity index (χ4v) is 2.47. The van der Waals surface area contributed by atoms with Gasteiger partial charge in [-0.2, -0.15) is 4.98 Å². The molecular formula is C15H19N3O2. The molecule has 106 valence electrons. The molecule has 1 atom stereocenters. The summed E-state index contributed by atoms with van der Waals surface area (Å²) >= 11 is 0. The van der Waals surface area contributed by atoms with Gasteiger partial charge in [0.25, 0.3) is 0 Å². The fourth-order valence-electron chi connectivity index (χ4n) is 2.47. The minimum atomic E-state index is -0.769. The first-order valence-corrected chi connectivity index (χ1v) is 6.75. The molecule has 5 nitrogen and oxygen atoms in total. The SMILES string of the molecule is CC1(C)CN(c2nc(-c3ccccc3)no2)C[C@]1(C)O. The predicted octanol–water partition coefficient (Wildman–Crippen LogP) is 2.33. The van der Waals surface area contributed by atoms with Crippen LogP contribution in [-0.2, 0) is 0 Å². The van der Waals surface area contributed by atoms with Crippen molar-refractivity contribution in [3.05, 3.63) is 30.3 Å². The van der Waals surface area contributed by atoms with Crippen molar-refractivity contribution < 1.29 is 9.63 Å². The van der Waals surface area contributed by atoms with E-state index in [0.29, 0.717) is 24.9 Å². The molecule has 0 bridgehead atoms. The zero-order chi connectivity index (χ0) is 14.4. The minimum absolute atomic E-state index is 0.214. The second kappa shape index (κ2) is 4.31. The molecule has 1 saturated heterocycles. The molecule has 0 saturated carbocycles. The first kappa shape index (κ1) is 13.1. The van der Waals surface area contributed by atoms with Crippen LogP contribution >= 0.6 is 0 Å². The number of hydrogen-bond acceptors (Lipinski definition) is 5. The number of hydrogen-bond donors (Lipinski definition) is 1. The van der Waals surface area contributed by atoms with Crippen LogP contribution < -0.4 is 4.90 Å². The summed E-state index contributed by atoms with van der Waals surface area (Å²) in [6.07, 6.45) is 0. The lowest BCUT2D eigenvalue weighted by atomic mass is 9.79. The van der Waals surface area contributed by atoms with Crippen LogP contribution in [-0.4, -0.2) is 33.9 Å². The molecule has 1 N–H and O–H groups in total. The molecule has 0 unspecified atom stereocenters. The van der Waals surface area contributed by atoms with Crippen LogP contribution in [0.15, 0.2) is 34.9 Å². The van der Waals surface area contributed by atoms with Crippen LogP contribution in [0.25, 0.3) is 11.4 Å². The van der Waals surface area contributed by atoms with Gasteiger partial charge in [-0.05, 0) is 6.92 Å². The van der Waals surface area contributed by atoms with Crippen LogP contribution in [0.3, 0.4) is 0 Å². The highest BCUT2D eigenvalue weighted by molar-refractivity contribution is 5.55. The standard InChI is InChI=1S/C15H19N3O2/c1-14(2)9-18(10-15(14,3)19)13-16-12(17-20-13)11-7-5-4-6-8-11/h4-8,19H,9-10H2,1-3H3/t15-/m0/s1. The molecule has 2 aromatic rings. The molecular weight excluding hydrogens is 254 g/mol. The van der Waals surface area contributed by atoms with Crippen molar-refractivity contribution in [1.82, 2.24) is 10.1 Å². The van der Waals surface area contributed by atoms with E-state index in [-0.39, 0.29) is 5.41 Å². The number of nitrogens with zero attached hydrogens (tertiary/aromatic N) is 3. The lowest BCUT2D eigenvalue weighted by Gasteiger charge is -2.30. The first-order chi connectivity index (χ1) is 9.39. The van der Waals surface area contributed by atoms with E-state index >= 15 is 0 Å². The van der Waals surface area contributed by atoms with E-state index in [2.05, 4.69) is 10.1 Å². The van der Waals surface area contributed by atoms with E-state index in [1.807, 2.05) is 56.0 Å². The van der Waals surface area contributed by atoms with Gasteiger partial charge in [-0.3, -0.25) is 0 Å². The number of rotatable bonds is 2. The highest BCUT2D eigenvalue weighted by Crippen LogP contribution is 2.40. The largest absolute Gasteiger partial charge is 0.388 e. The Morgan fingerprint density at radius 3 is 2.45 bits per heavy atom. The van der Waals surface area contributed by atoms with Crippen LogP contribution in [0, 0.1) is 5.41 Å². The molecule has 5 heteroatoms. The van der Waals surface area contributed by atoms with Gasteiger partial charge in [-0.15, -0.1) is 0 Å². The van der Waals surface area contributed by atoms with Crippen molar-refractivity contribution in [2.45, 2.75) is 26.4 Å². The van der Waals surface area contributed by atoms with E-state index in [1.165, 1.54) is 0 Å². The van der Waals surface area contributed by atoms with Gasteiger partial charge in [-0.1, -0.05) is 49.3 Å². The van der Waals surface area contributed by atoms with Gasteiger partial charge in [0, 0.05) is 17.5 Å². The lowest BCUT2D eigenvalue weighted by Crippen LogP contribution is -2.40. The van der Waals surface area contributed by atoms with Gasteiger partial charge in [0.15, 0.2) is 0 Å². The lowest BCUT2D eigenvalue weighted by molar-refractivity contribution is -0.00895. The molecule has 3 rings (SSSR count). The third-order valence-corrected chi connectivity index (χ3v) is 4.26. The van der Waals surface area contributed by atoms with Crippen molar-refractivity contribution in [3.8, 4) is 11.4 Å². The number of anilines is 1. The summed E-state index contributed by atoms with van der Waals surface area (Å²) in [6, 6.07) is 10.2. The minimum Gasteiger partial charge on any atom is -0.388 e. The molecule has 1 aliphatic heterocycles. The van der Waals surface area contributed by atoms with E-state index in [9.17, 15) is 5.11 Å². The Morgan fingerprint density at radius 1 is 1.15 bits per heavy atom. The average Bonchev–Trinajstić information content (AvgIpc) is 2.94. The van der Waals surface area contributed by atoms with Gasteiger partial charge in [-0.25, -0.2) is 0 Å². The third kappa shape index (κ3) is 2.08. The molecule has 20 heavy (non-hydrogen) atoms. The molecule has 1 aromatic carbocycles. The molecule has 0 spiro atoms. The average molecular weight is 273 g/mol. The molecule has 1 aliphatic rings. The topological polar surface area (TPSA) is 62.4 Å². The number of β-amino-alcohol motifs (C(OH)–C–C–N with tert-alkyl or cyclic N) is 1. The third-order valence-electron chi connectivity index (χ3n) is 4.26.